The second kappa shape index (κ2) is 3.30. The molecule has 0 aliphatic rings. The van der Waals surface area contributed by atoms with Gasteiger partial charge in [0.25, 0.3) is 0 Å². The van der Waals surface area contributed by atoms with Crippen LogP contribution in [-0.4, -0.2) is 4.98 Å². The van der Waals surface area contributed by atoms with Crippen LogP contribution >= 0.6 is 27.5 Å². The van der Waals surface area contributed by atoms with Crippen molar-refractivity contribution in [1.82, 2.24) is 4.98 Å². The average Bonchev–Trinajstić information content (AvgIpc) is 1.94. The molecule has 0 saturated heterocycles. The Balaban J connectivity index is 3.09. The number of pyridine rings is 1. The van der Waals surface area contributed by atoms with E-state index in [0.717, 1.165) is 0 Å². The summed E-state index contributed by atoms with van der Waals surface area (Å²) in [6, 6.07) is 1.49. The molecule has 0 aliphatic heterocycles. The molecule has 1 heterocycles. The third-order valence-electron chi connectivity index (χ3n) is 1.05. The molecular formula is C6H4BrClFN. The van der Waals surface area contributed by atoms with E-state index in [1.165, 1.54) is 12.3 Å². The maximum atomic E-state index is 12.0. The number of aromatic nitrogens is 1. The lowest BCUT2D eigenvalue weighted by Crippen LogP contribution is -1.83. The predicted molar refractivity (Wildman–Crippen MR) is 41.8 cm³/mol. The van der Waals surface area contributed by atoms with Crippen LogP contribution in [0, 0.1) is 0 Å². The van der Waals surface area contributed by atoms with E-state index in [9.17, 15) is 4.39 Å². The van der Waals surface area contributed by atoms with E-state index in [4.69, 9.17) is 11.6 Å². The molecule has 10 heavy (non-hydrogen) atoms. The smallest absolute Gasteiger partial charge is 0.129 e. The summed E-state index contributed by atoms with van der Waals surface area (Å²) >= 11 is 8.63. The summed E-state index contributed by atoms with van der Waals surface area (Å²) < 4.78 is 12.7. The van der Waals surface area contributed by atoms with Crippen molar-refractivity contribution in [2.45, 2.75) is 6.67 Å². The first-order valence-corrected chi connectivity index (χ1v) is 3.77. The van der Waals surface area contributed by atoms with Crippen LogP contribution in [0.4, 0.5) is 4.39 Å². The van der Waals surface area contributed by atoms with Crippen molar-refractivity contribution in [1.29, 1.82) is 0 Å². The highest BCUT2D eigenvalue weighted by atomic mass is 79.9. The molecule has 54 valence electrons. The van der Waals surface area contributed by atoms with Crippen molar-refractivity contribution in [3.05, 3.63) is 27.5 Å². The lowest BCUT2D eigenvalue weighted by Gasteiger charge is -1.96. The van der Waals surface area contributed by atoms with E-state index < -0.39 is 6.67 Å². The van der Waals surface area contributed by atoms with Gasteiger partial charge in [0.2, 0.25) is 0 Å². The van der Waals surface area contributed by atoms with Crippen LogP contribution < -0.4 is 0 Å². The topological polar surface area (TPSA) is 12.9 Å². The van der Waals surface area contributed by atoms with E-state index in [2.05, 4.69) is 20.9 Å². The van der Waals surface area contributed by atoms with Crippen LogP contribution in [0.1, 0.15) is 5.56 Å². The molecular weight excluding hydrogens is 220 g/mol. The Bertz CT molecular complexity index is 241. The highest BCUT2D eigenvalue weighted by Gasteiger charge is 1.99. The molecule has 0 radical (unpaired) electrons. The molecule has 0 atom stereocenters. The average molecular weight is 224 g/mol. The Morgan fingerprint density at radius 1 is 1.70 bits per heavy atom. The van der Waals surface area contributed by atoms with Gasteiger partial charge in [0.1, 0.15) is 11.8 Å². The zero-order chi connectivity index (χ0) is 7.56. The van der Waals surface area contributed by atoms with Crippen molar-refractivity contribution in [2.24, 2.45) is 0 Å². The minimum atomic E-state index is -0.525. The number of rotatable bonds is 1. The molecule has 0 aromatic carbocycles. The highest BCUT2D eigenvalue weighted by molar-refractivity contribution is 9.10. The van der Waals surface area contributed by atoms with Gasteiger partial charge >= 0.3 is 0 Å². The van der Waals surface area contributed by atoms with Gasteiger partial charge in [-0.25, -0.2) is 9.37 Å². The van der Waals surface area contributed by atoms with E-state index >= 15 is 0 Å². The number of halogens is 3. The fraction of sp³-hybridized carbons (Fsp3) is 0.167. The van der Waals surface area contributed by atoms with Crippen molar-refractivity contribution in [3.63, 3.8) is 0 Å². The molecule has 0 spiro atoms. The molecule has 0 saturated carbocycles. The van der Waals surface area contributed by atoms with Crippen LogP contribution in [0.3, 0.4) is 0 Å². The molecule has 1 rings (SSSR count). The van der Waals surface area contributed by atoms with Crippen LogP contribution in [0.25, 0.3) is 0 Å². The maximum Gasteiger partial charge on any atom is 0.129 e. The first-order valence-electron chi connectivity index (χ1n) is 2.60. The first-order chi connectivity index (χ1) is 4.74. The fourth-order valence-corrected chi connectivity index (χ4v) is 1.06. The molecule has 0 amide bonds. The minimum Gasteiger partial charge on any atom is -0.246 e. The standard InChI is InChI=1S/C6H4BrClFN/c7-5-3-10-6(8)1-4(5)2-9/h1,3H,2H2. The molecule has 1 aromatic rings. The summed E-state index contributed by atoms with van der Waals surface area (Å²) in [5, 5.41) is 0.316. The van der Waals surface area contributed by atoms with Gasteiger partial charge in [-0.3, -0.25) is 0 Å². The second-order valence-corrected chi connectivity index (χ2v) is 2.97. The van der Waals surface area contributed by atoms with Gasteiger partial charge in [-0.1, -0.05) is 11.6 Å². The normalized spacial score (nSPS) is 9.90. The van der Waals surface area contributed by atoms with E-state index in [0.29, 0.717) is 15.2 Å². The summed E-state index contributed by atoms with van der Waals surface area (Å²) in [7, 11) is 0. The third-order valence-corrected chi connectivity index (χ3v) is 1.97. The third kappa shape index (κ3) is 1.67. The molecule has 0 unspecified atom stereocenters. The van der Waals surface area contributed by atoms with Gasteiger partial charge in [0, 0.05) is 16.2 Å². The number of alkyl halides is 1. The molecule has 0 N–H and O–H groups in total. The fourth-order valence-electron chi connectivity index (χ4n) is 0.554. The Morgan fingerprint density at radius 3 is 2.90 bits per heavy atom. The summed E-state index contributed by atoms with van der Waals surface area (Å²) in [5.41, 5.74) is 0.528. The maximum absolute atomic E-state index is 12.0. The Kier molecular flexibility index (Phi) is 2.63. The molecule has 0 fully saturated rings. The van der Waals surface area contributed by atoms with Gasteiger partial charge in [0.05, 0.1) is 0 Å². The first kappa shape index (κ1) is 7.95. The van der Waals surface area contributed by atoms with Gasteiger partial charge in [0.15, 0.2) is 0 Å². The summed E-state index contributed by atoms with van der Waals surface area (Å²) in [4.78, 5) is 3.74. The van der Waals surface area contributed by atoms with Gasteiger partial charge < -0.3 is 0 Å². The Labute approximate surface area is 71.4 Å². The van der Waals surface area contributed by atoms with Crippen LogP contribution in [0.15, 0.2) is 16.7 Å². The Morgan fingerprint density at radius 2 is 2.40 bits per heavy atom. The number of hydrogen-bond donors (Lipinski definition) is 0. The Hall–Kier alpha value is -0.150. The molecule has 1 aromatic heterocycles. The number of hydrogen-bond acceptors (Lipinski definition) is 1. The summed E-state index contributed by atoms with van der Waals surface area (Å²) in [6.45, 7) is -0.525. The quantitative estimate of drug-likeness (QED) is 0.668. The van der Waals surface area contributed by atoms with Crippen LogP contribution in [0.5, 0.6) is 0 Å². The van der Waals surface area contributed by atoms with E-state index in [-0.39, 0.29) is 0 Å². The van der Waals surface area contributed by atoms with Crippen molar-refractivity contribution < 1.29 is 4.39 Å². The lowest BCUT2D eigenvalue weighted by atomic mass is 10.3. The molecule has 0 aliphatic carbocycles. The van der Waals surface area contributed by atoms with Crippen LogP contribution in [0.2, 0.25) is 5.15 Å². The number of nitrogens with zero attached hydrogens (tertiary/aromatic N) is 1. The van der Waals surface area contributed by atoms with Crippen molar-refractivity contribution in [2.75, 3.05) is 0 Å². The SMILES string of the molecule is FCc1cc(Cl)ncc1Br. The van der Waals surface area contributed by atoms with Gasteiger partial charge in [-0.05, 0) is 22.0 Å². The summed E-state index contributed by atoms with van der Waals surface area (Å²) in [5.74, 6) is 0. The summed E-state index contributed by atoms with van der Waals surface area (Å²) in [6.07, 6.45) is 1.48. The van der Waals surface area contributed by atoms with E-state index in [1.807, 2.05) is 0 Å². The monoisotopic (exact) mass is 223 g/mol. The van der Waals surface area contributed by atoms with Crippen LogP contribution in [-0.2, 0) is 6.67 Å². The van der Waals surface area contributed by atoms with Gasteiger partial charge in [-0.2, -0.15) is 0 Å². The second-order valence-electron chi connectivity index (χ2n) is 1.73. The van der Waals surface area contributed by atoms with Crippen molar-refractivity contribution >= 4 is 27.5 Å². The van der Waals surface area contributed by atoms with Crippen molar-refractivity contribution in [3.8, 4) is 0 Å². The predicted octanol–water partition coefficient (Wildman–Crippen LogP) is 2.97. The molecule has 0 bridgehead atoms. The molecule has 4 heteroatoms. The highest BCUT2D eigenvalue weighted by Crippen LogP contribution is 2.19. The molecule has 1 nitrogen and oxygen atoms in total. The largest absolute Gasteiger partial charge is 0.246 e. The minimum absolute atomic E-state index is 0.316. The van der Waals surface area contributed by atoms with Gasteiger partial charge in [-0.15, -0.1) is 0 Å². The zero-order valence-corrected chi connectivity index (χ0v) is 7.28. The van der Waals surface area contributed by atoms with E-state index in [1.54, 1.807) is 0 Å². The lowest BCUT2D eigenvalue weighted by molar-refractivity contribution is 0.483. The zero-order valence-electron chi connectivity index (χ0n) is 4.94.